The molecular weight excluding hydrogens is 388 g/mol. The number of halogens is 2. The molecule has 0 aliphatic heterocycles. The molecule has 0 aromatic heterocycles. The van der Waals surface area contributed by atoms with Gasteiger partial charge in [-0.25, -0.2) is 0 Å². The van der Waals surface area contributed by atoms with E-state index >= 15 is 0 Å². The smallest absolute Gasteiger partial charge is 0.234 e. The SMILES string of the molecule is COc1c(Br)cc(CNCC(=O)NC(C)(C)C)cc1Br. The zero-order chi connectivity index (χ0) is 15.3. The summed E-state index contributed by atoms with van der Waals surface area (Å²) in [5.41, 5.74) is 0.860. The van der Waals surface area contributed by atoms with Crippen LogP contribution in [0.4, 0.5) is 0 Å². The van der Waals surface area contributed by atoms with Crippen molar-refractivity contribution in [2.45, 2.75) is 32.9 Å². The van der Waals surface area contributed by atoms with Crippen molar-refractivity contribution in [1.29, 1.82) is 0 Å². The van der Waals surface area contributed by atoms with Gasteiger partial charge in [-0.1, -0.05) is 0 Å². The van der Waals surface area contributed by atoms with Crippen molar-refractivity contribution in [3.8, 4) is 5.75 Å². The van der Waals surface area contributed by atoms with E-state index in [9.17, 15) is 4.79 Å². The Morgan fingerprint density at radius 3 is 2.25 bits per heavy atom. The number of benzene rings is 1. The summed E-state index contributed by atoms with van der Waals surface area (Å²) in [6, 6.07) is 3.94. The van der Waals surface area contributed by atoms with E-state index in [0.717, 1.165) is 20.3 Å². The molecule has 0 saturated heterocycles. The summed E-state index contributed by atoms with van der Waals surface area (Å²) in [6.45, 7) is 6.78. The highest BCUT2D eigenvalue weighted by Crippen LogP contribution is 2.34. The number of hydrogen-bond donors (Lipinski definition) is 2. The average molecular weight is 408 g/mol. The van der Waals surface area contributed by atoms with Gasteiger partial charge in [-0.2, -0.15) is 0 Å². The zero-order valence-electron chi connectivity index (χ0n) is 12.1. The first-order chi connectivity index (χ1) is 9.23. The molecule has 112 valence electrons. The second kappa shape index (κ2) is 7.43. The maximum atomic E-state index is 11.7. The highest BCUT2D eigenvalue weighted by molar-refractivity contribution is 9.11. The zero-order valence-corrected chi connectivity index (χ0v) is 15.3. The van der Waals surface area contributed by atoms with E-state index in [2.05, 4.69) is 42.5 Å². The van der Waals surface area contributed by atoms with Gasteiger partial charge in [0.15, 0.2) is 0 Å². The van der Waals surface area contributed by atoms with Crippen LogP contribution in [0.3, 0.4) is 0 Å². The summed E-state index contributed by atoms with van der Waals surface area (Å²) in [5.74, 6) is 0.753. The van der Waals surface area contributed by atoms with Crippen molar-refractivity contribution in [2.24, 2.45) is 0 Å². The van der Waals surface area contributed by atoms with E-state index in [4.69, 9.17) is 4.74 Å². The largest absolute Gasteiger partial charge is 0.494 e. The predicted octanol–water partition coefficient (Wildman–Crippen LogP) is 3.22. The molecule has 20 heavy (non-hydrogen) atoms. The van der Waals surface area contributed by atoms with Gasteiger partial charge in [0.25, 0.3) is 0 Å². The number of rotatable bonds is 5. The van der Waals surface area contributed by atoms with E-state index in [0.29, 0.717) is 13.1 Å². The van der Waals surface area contributed by atoms with Crippen molar-refractivity contribution in [1.82, 2.24) is 10.6 Å². The summed E-state index contributed by atoms with van der Waals surface area (Å²) >= 11 is 6.91. The van der Waals surface area contributed by atoms with Gasteiger partial charge < -0.3 is 15.4 Å². The molecule has 0 saturated carbocycles. The number of hydrogen-bond acceptors (Lipinski definition) is 3. The van der Waals surface area contributed by atoms with Crippen molar-refractivity contribution in [3.63, 3.8) is 0 Å². The van der Waals surface area contributed by atoms with E-state index in [1.54, 1.807) is 7.11 Å². The van der Waals surface area contributed by atoms with Crippen LogP contribution in [-0.2, 0) is 11.3 Å². The van der Waals surface area contributed by atoms with E-state index in [1.807, 2.05) is 32.9 Å². The van der Waals surface area contributed by atoms with Crippen molar-refractivity contribution >= 4 is 37.8 Å². The third-order valence-corrected chi connectivity index (χ3v) is 3.57. The van der Waals surface area contributed by atoms with Crippen molar-refractivity contribution < 1.29 is 9.53 Å². The van der Waals surface area contributed by atoms with Crippen LogP contribution in [0.1, 0.15) is 26.3 Å². The predicted molar refractivity (Wildman–Crippen MR) is 88.0 cm³/mol. The van der Waals surface area contributed by atoms with E-state index in [-0.39, 0.29) is 11.4 Å². The van der Waals surface area contributed by atoms with Crippen LogP contribution >= 0.6 is 31.9 Å². The minimum absolute atomic E-state index is 0.0101. The summed E-state index contributed by atoms with van der Waals surface area (Å²) in [5, 5.41) is 6.03. The van der Waals surface area contributed by atoms with Gasteiger partial charge in [-0.05, 0) is 70.3 Å². The number of nitrogens with one attached hydrogen (secondary N) is 2. The second-order valence-corrected chi connectivity index (χ2v) is 7.20. The number of carbonyl (C=O) groups is 1. The Morgan fingerprint density at radius 2 is 1.80 bits per heavy atom. The number of amides is 1. The van der Waals surface area contributed by atoms with Crippen LogP contribution in [0.5, 0.6) is 5.75 Å². The second-order valence-electron chi connectivity index (χ2n) is 5.49. The van der Waals surface area contributed by atoms with Gasteiger partial charge in [0, 0.05) is 12.1 Å². The molecule has 1 aromatic carbocycles. The molecule has 0 bridgehead atoms. The fourth-order valence-corrected chi connectivity index (χ4v) is 3.30. The number of carbonyl (C=O) groups excluding carboxylic acids is 1. The quantitative estimate of drug-likeness (QED) is 0.787. The van der Waals surface area contributed by atoms with Crippen LogP contribution in [0.2, 0.25) is 0 Å². The molecular formula is C14H20Br2N2O2. The van der Waals surface area contributed by atoms with Gasteiger partial charge in [0.2, 0.25) is 5.91 Å². The molecule has 0 radical (unpaired) electrons. The molecule has 0 aliphatic rings. The average Bonchev–Trinajstić information content (AvgIpc) is 2.26. The Hall–Kier alpha value is -0.590. The molecule has 4 nitrogen and oxygen atoms in total. The Balaban J connectivity index is 2.53. The standard InChI is InChI=1S/C14H20Br2N2O2/c1-14(2,3)18-12(19)8-17-7-9-5-10(15)13(20-4)11(16)6-9/h5-6,17H,7-8H2,1-4H3,(H,18,19). The molecule has 0 heterocycles. The molecule has 0 unspecified atom stereocenters. The normalized spacial score (nSPS) is 11.3. The molecule has 6 heteroatoms. The lowest BCUT2D eigenvalue weighted by molar-refractivity contribution is -0.121. The van der Waals surface area contributed by atoms with E-state index < -0.39 is 0 Å². The number of methoxy groups -OCH3 is 1. The molecule has 2 N–H and O–H groups in total. The molecule has 0 spiro atoms. The van der Waals surface area contributed by atoms with Crippen LogP contribution in [-0.4, -0.2) is 25.1 Å². The lowest BCUT2D eigenvalue weighted by Gasteiger charge is -2.20. The maximum Gasteiger partial charge on any atom is 0.234 e. The monoisotopic (exact) mass is 406 g/mol. The fraction of sp³-hybridized carbons (Fsp3) is 0.500. The Kier molecular flexibility index (Phi) is 6.48. The summed E-state index contributed by atoms with van der Waals surface area (Å²) in [7, 11) is 1.62. The van der Waals surface area contributed by atoms with Gasteiger partial charge in [0.1, 0.15) is 5.75 Å². The van der Waals surface area contributed by atoms with Gasteiger partial charge in [0.05, 0.1) is 22.6 Å². The minimum Gasteiger partial charge on any atom is -0.494 e. The van der Waals surface area contributed by atoms with Crippen molar-refractivity contribution in [2.75, 3.05) is 13.7 Å². The first kappa shape index (κ1) is 17.5. The lowest BCUT2D eigenvalue weighted by Crippen LogP contribution is -2.44. The molecule has 1 rings (SSSR count). The summed E-state index contributed by atoms with van der Waals surface area (Å²) in [6.07, 6.45) is 0. The topological polar surface area (TPSA) is 50.4 Å². The fourth-order valence-electron chi connectivity index (χ4n) is 1.69. The molecule has 1 aromatic rings. The summed E-state index contributed by atoms with van der Waals surface area (Å²) < 4.78 is 7.01. The Bertz CT molecular complexity index is 462. The van der Waals surface area contributed by atoms with Gasteiger partial charge in [-0.15, -0.1) is 0 Å². The van der Waals surface area contributed by atoms with Gasteiger partial charge >= 0.3 is 0 Å². The summed E-state index contributed by atoms with van der Waals surface area (Å²) in [4.78, 5) is 11.7. The maximum absolute atomic E-state index is 11.7. The Morgan fingerprint density at radius 1 is 1.25 bits per heavy atom. The van der Waals surface area contributed by atoms with Gasteiger partial charge in [-0.3, -0.25) is 4.79 Å². The van der Waals surface area contributed by atoms with Crippen molar-refractivity contribution in [3.05, 3.63) is 26.6 Å². The highest BCUT2D eigenvalue weighted by atomic mass is 79.9. The first-order valence-corrected chi connectivity index (χ1v) is 7.85. The highest BCUT2D eigenvalue weighted by Gasteiger charge is 2.13. The lowest BCUT2D eigenvalue weighted by atomic mass is 10.1. The number of ether oxygens (including phenoxy) is 1. The third-order valence-electron chi connectivity index (χ3n) is 2.39. The third kappa shape index (κ3) is 5.81. The molecule has 1 amide bonds. The minimum atomic E-state index is -0.203. The van der Waals surface area contributed by atoms with Crippen LogP contribution in [0.15, 0.2) is 21.1 Å². The van der Waals surface area contributed by atoms with E-state index in [1.165, 1.54) is 0 Å². The Labute approximate surface area is 136 Å². The van der Waals surface area contributed by atoms with Crippen LogP contribution < -0.4 is 15.4 Å². The first-order valence-electron chi connectivity index (χ1n) is 6.26. The molecule has 0 aliphatic carbocycles. The molecule has 0 fully saturated rings. The van der Waals surface area contributed by atoms with Crippen LogP contribution in [0.25, 0.3) is 0 Å². The van der Waals surface area contributed by atoms with Crippen LogP contribution in [0, 0.1) is 0 Å². The molecule has 0 atom stereocenters.